The Morgan fingerprint density at radius 3 is 2.33 bits per heavy atom. The van der Waals surface area contributed by atoms with Crippen LogP contribution in [0.1, 0.15) is 66.1 Å². The lowest BCUT2D eigenvalue weighted by Crippen LogP contribution is -2.38. The molecule has 338 valence electrons. The highest BCUT2D eigenvalue weighted by molar-refractivity contribution is 7.92. The number of sulfonamides is 1. The molecule has 3 atom stereocenters. The monoisotopic (exact) mass is 955 g/mol. The molecule has 8 rings (SSSR count). The second-order valence-electron chi connectivity index (χ2n) is 16.2. The molecule has 6 aromatic rings. The number of carbonyl (C=O) groups excluding carboxylic acids is 1. The van der Waals surface area contributed by atoms with Gasteiger partial charge in [-0.25, -0.2) is 30.1 Å². The number of fused-ring (bicyclic) bond motifs is 5. The zero-order chi connectivity index (χ0) is 46.8. The minimum atomic E-state index is -5.15. The van der Waals surface area contributed by atoms with Crippen LogP contribution in [0, 0.1) is 29.4 Å². The number of anilines is 1. The zero-order valence-corrected chi connectivity index (χ0v) is 36.2. The Kier molecular flexibility index (Phi) is 10.3. The molecule has 0 radical (unpaired) electrons. The summed E-state index contributed by atoms with van der Waals surface area (Å²) in [4.78, 5) is 29.0. The van der Waals surface area contributed by atoms with Gasteiger partial charge in [0, 0.05) is 49.0 Å². The van der Waals surface area contributed by atoms with E-state index in [2.05, 4.69) is 37.2 Å². The lowest BCUT2D eigenvalue weighted by atomic mass is 10.0. The number of rotatable bonds is 10. The van der Waals surface area contributed by atoms with Gasteiger partial charge in [0.15, 0.2) is 27.2 Å². The molecule has 25 heteroatoms. The summed E-state index contributed by atoms with van der Waals surface area (Å²) >= 11 is 6.58. The quantitative estimate of drug-likeness (QED) is 0.135. The average molecular weight is 956 g/mol. The van der Waals surface area contributed by atoms with Gasteiger partial charge in [-0.15, -0.1) is 0 Å². The van der Waals surface area contributed by atoms with Crippen molar-refractivity contribution in [3.63, 3.8) is 0 Å². The van der Waals surface area contributed by atoms with Gasteiger partial charge in [0.2, 0.25) is 15.9 Å². The highest BCUT2D eigenvalue weighted by Crippen LogP contribution is 2.68. The molecule has 1 fully saturated rings. The van der Waals surface area contributed by atoms with Crippen LogP contribution in [0.15, 0.2) is 47.4 Å². The smallest absolute Gasteiger partial charge is 0.344 e. The molecule has 0 unspecified atom stereocenters. The Morgan fingerprint density at radius 2 is 1.70 bits per heavy atom. The summed E-state index contributed by atoms with van der Waals surface area (Å²) in [6.07, 6.45) is -2.88. The predicted molar refractivity (Wildman–Crippen MR) is 217 cm³/mol. The van der Waals surface area contributed by atoms with Crippen LogP contribution in [0.3, 0.4) is 0 Å². The van der Waals surface area contributed by atoms with Crippen LogP contribution in [-0.4, -0.2) is 73.7 Å². The number of sulfone groups is 1. The van der Waals surface area contributed by atoms with E-state index in [0.717, 1.165) is 33.7 Å². The number of nitrogens with zero attached hydrogens (tertiary/aromatic N) is 7. The average Bonchev–Trinajstić information content (AvgIpc) is 3.40. The normalized spacial score (nSPS) is 17.5. The van der Waals surface area contributed by atoms with Gasteiger partial charge in [0.05, 0.1) is 33.9 Å². The van der Waals surface area contributed by atoms with Crippen molar-refractivity contribution in [2.24, 2.45) is 13.0 Å². The van der Waals surface area contributed by atoms with Crippen molar-refractivity contribution < 1.29 is 52.4 Å². The molecular weight excluding hydrogens is 923 g/mol. The summed E-state index contributed by atoms with van der Waals surface area (Å²) in [5.74, 6) is -4.99. The van der Waals surface area contributed by atoms with Gasteiger partial charge in [-0.2, -0.15) is 37.2 Å². The van der Waals surface area contributed by atoms with Crippen LogP contribution in [-0.2, 0) is 56.8 Å². The molecule has 4 aromatic heterocycles. The molecule has 0 aliphatic heterocycles. The van der Waals surface area contributed by atoms with E-state index in [0.29, 0.717) is 6.07 Å². The summed E-state index contributed by atoms with van der Waals surface area (Å²) < 4.78 is 156. The molecule has 15 nitrogen and oxygen atoms in total. The Morgan fingerprint density at radius 1 is 1.03 bits per heavy atom. The summed E-state index contributed by atoms with van der Waals surface area (Å²) in [5, 5.41) is 14.7. The van der Waals surface area contributed by atoms with Gasteiger partial charge in [0.1, 0.15) is 34.1 Å². The van der Waals surface area contributed by atoms with Crippen LogP contribution in [0.5, 0.6) is 0 Å². The van der Waals surface area contributed by atoms with Gasteiger partial charge in [-0.1, -0.05) is 23.4 Å². The third kappa shape index (κ3) is 7.86. The van der Waals surface area contributed by atoms with E-state index >= 15 is 8.78 Å². The van der Waals surface area contributed by atoms with E-state index in [1.54, 1.807) is 0 Å². The summed E-state index contributed by atoms with van der Waals surface area (Å²) in [7, 11) is -6.31. The van der Waals surface area contributed by atoms with E-state index in [1.165, 1.54) is 50.0 Å². The minimum absolute atomic E-state index is 0.00378. The molecule has 0 spiro atoms. The number of benzene rings is 2. The van der Waals surface area contributed by atoms with Gasteiger partial charge in [-0.05, 0) is 62.1 Å². The summed E-state index contributed by atoms with van der Waals surface area (Å²) in [6, 6.07) is 4.53. The van der Waals surface area contributed by atoms with Crippen LogP contribution in [0.4, 0.5) is 36.6 Å². The highest BCUT2D eigenvalue weighted by Gasteiger charge is 2.68. The number of alkyl halides is 5. The third-order valence-corrected chi connectivity index (χ3v) is 13.9. The van der Waals surface area contributed by atoms with Crippen molar-refractivity contribution in [2.75, 3.05) is 17.2 Å². The molecule has 2 aliphatic rings. The van der Waals surface area contributed by atoms with Crippen molar-refractivity contribution in [2.45, 2.75) is 62.0 Å². The van der Waals surface area contributed by atoms with Gasteiger partial charge >= 0.3 is 6.18 Å². The number of hydrogen-bond donors (Lipinski definition) is 2. The predicted octanol–water partition coefficient (Wildman–Crippen LogP) is 5.37. The molecular formula is C39H33ClF7N9O6S2. The second-order valence-corrected chi connectivity index (χ2v) is 20.9. The van der Waals surface area contributed by atoms with Crippen molar-refractivity contribution >= 4 is 59.6 Å². The molecule has 1 amide bonds. The van der Waals surface area contributed by atoms with Crippen LogP contribution in [0.2, 0.25) is 5.02 Å². The first kappa shape index (κ1) is 44.7. The first-order chi connectivity index (χ1) is 29.6. The Bertz CT molecular complexity index is 3330. The second kappa shape index (κ2) is 14.8. The van der Waals surface area contributed by atoms with Gasteiger partial charge < -0.3 is 5.32 Å². The molecule has 1 saturated carbocycles. The lowest BCUT2D eigenvalue weighted by Gasteiger charge is -2.23. The number of nitrogens with one attached hydrogen (secondary N) is 2. The van der Waals surface area contributed by atoms with Crippen molar-refractivity contribution in [3.05, 3.63) is 104 Å². The van der Waals surface area contributed by atoms with E-state index in [-0.39, 0.29) is 55.2 Å². The number of halogens is 8. The fourth-order valence-electron chi connectivity index (χ4n) is 7.84. The van der Waals surface area contributed by atoms with Crippen molar-refractivity contribution in [3.8, 4) is 17.5 Å². The number of aryl methyl sites for hydroxylation is 1. The maximum Gasteiger partial charge on any atom is 0.435 e. The van der Waals surface area contributed by atoms with Crippen molar-refractivity contribution in [1.29, 1.82) is 0 Å². The number of amides is 1. The van der Waals surface area contributed by atoms with Crippen molar-refractivity contribution in [1.82, 2.24) is 39.1 Å². The maximum absolute atomic E-state index is 15.5. The number of aromatic nitrogens is 7. The Labute approximate surface area is 363 Å². The third-order valence-electron chi connectivity index (χ3n) is 11.0. The van der Waals surface area contributed by atoms with Gasteiger partial charge in [0.25, 0.3) is 11.5 Å². The van der Waals surface area contributed by atoms with Gasteiger partial charge in [-0.3, -0.25) is 28.2 Å². The molecule has 0 saturated heterocycles. The van der Waals surface area contributed by atoms with Crippen LogP contribution in [0.25, 0.3) is 22.1 Å². The fraction of sp³-hybridized carbons (Fsp3) is 0.359. The largest absolute Gasteiger partial charge is 0.435 e. The standard InChI is InChI=1S/C39H33ClF7N9O6S2/c1-37(2,63(4,59)60)9-8-18-13-27-36(58)56(26-7-6-24(40)30-31(26)53(3)50-34(30)52-64(5,61)62)35(51-54(27)16-18)25(12-19-10-20(41)14-21(42)11-19)48-28(57)17-55-33-29(32(49-55)39(45,46)47)22-15-23(22)38(33,43)44/h6-7,10-11,13-14,16,22-23,25H,12,15,17H2,1-5H3,(H,48,57)(H,50,52)/t22-,23+,25-/m0/s1. The van der Waals surface area contributed by atoms with Crippen LogP contribution >= 0.6 is 11.6 Å². The number of hydrogen-bond acceptors (Lipinski definition) is 9. The first-order valence-electron chi connectivity index (χ1n) is 18.9. The van der Waals surface area contributed by atoms with E-state index in [1.807, 2.05) is 0 Å². The molecule has 4 heterocycles. The molecule has 2 N–H and O–H groups in total. The minimum Gasteiger partial charge on any atom is -0.344 e. The van der Waals surface area contributed by atoms with E-state index in [4.69, 9.17) is 11.6 Å². The molecule has 64 heavy (non-hydrogen) atoms. The highest BCUT2D eigenvalue weighted by atomic mass is 35.5. The van der Waals surface area contributed by atoms with E-state index in [9.17, 15) is 48.4 Å². The molecule has 2 aromatic carbocycles. The maximum atomic E-state index is 15.5. The zero-order valence-electron chi connectivity index (χ0n) is 33.8. The Hall–Kier alpha value is -5.93. The summed E-state index contributed by atoms with van der Waals surface area (Å²) in [6.45, 7) is 1.50. The Balaban J connectivity index is 1.35. The summed E-state index contributed by atoms with van der Waals surface area (Å²) in [5.41, 5.74) is -4.65. The molecule has 0 bridgehead atoms. The van der Waals surface area contributed by atoms with Crippen LogP contribution < -0.4 is 15.6 Å². The SMILES string of the molecule is Cn1nc(NS(C)(=O)=O)c2c(Cl)ccc(-n3c([C@H](Cc4cc(F)cc(F)c4)NC(=O)Cn4nc(C(F)(F)F)c5c4C(F)(F)[C@@H]4C[C@H]54)nn4cc(C#CC(C)(C)S(C)(=O)=O)cc4c3=O)c21. The van der Waals surface area contributed by atoms with E-state index < -0.39 is 113 Å². The molecule has 2 aliphatic carbocycles. The first-order valence-corrected chi connectivity index (χ1v) is 23.0. The fourth-order valence-corrected chi connectivity index (χ4v) is 8.81. The lowest BCUT2D eigenvalue weighted by molar-refractivity contribution is -0.142. The topological polar surface area (TPSA) is 184 Å². The number of carbonyl (C=O) groups is 1.